The van der Waals surface area contributed by atoms with Gasteiger partial charge in [-0.25, -0.2) is 0 Å². The lowest BCUT2D eigenvalue weighted by Crippen LogP contribution is -2.12. The summed E-state index contributed by atoms with van der Waals surface area (Å²) < 4.78 is 5.63. The van der Waals surface area contributed by atoms with Crippen molar-refractivity contribution in [2.45, 2.75) is 71.3 Å². The fraction of sp³-hybridized carbons (Fsp3) is 0.481. The van der Waals surface area contributed by atoms with E-state index in [4.69, 9.17) is 4.74 Å². The fourth-order valence-electron chi connectivity index (χ4n) is 4.26. The molecular weight excluding hydrogens is 340 g/mol. The summed E-state index contributed by atoms with van der Waals surface area (Å²) in [6.07, 6.45) is 13.7. The van der Waals surface area contributed by atoms with E-state index in [9.17, 15) is 0 Å². The summed E-state index contributed by atoms with van der Waals surface area (Å²) in [5, 5.41) is 0. The third-order valence-electron chi connectivity index (χ3n) is 6.01. The van der Waals surface area contributed by atoms with Crippen molar-refractivity contribution in [1.29, 1.82) is 0 Å². The topological polar surface area (TPSA) is 9.23 Å². The van der Waals surface area contributed by atoms with Gasteiger partial charge in [-0.15, -0.1) is 0 Å². The second-order valence-corrected chi connectivity index (χ2v) is 8.20. The Balaban J connectivity index is 1.53. The first kappa shape index (κ1) is 20.9. The molecule has 1 aliphatic rings. The lowest BCUT2D eigenvalue weighted by Gasteiger charge is -2.28. The molecule has 0 aliphatic heterocycles. The molecule has 0 N–H and O–H groups in total. The van der Waals surface area contributed by atoms with E-state index < -0.39 is 0 Å². The van der Waals surface area contributed by atoms with Crippen molar-refractivity contribution in [2.75, 3.05) is 6.61 Å². The van der Waals surface area contributed by atoms with Crippen molar-refractivity contribution in [2.24, 2.45) is 5.92 Å². The predicted octanol–water partition coefficient (Wildman–Crippen LogP) is 7.91. The molecule has 2 aromatic carbocycles. The molecule has 0 radical (unpaired) electrons. The average Bonchev–Trinajstić information content (AvgIpc) is 2.75. The Bertz CT molecular complexity index is 703. The van der Waals surface area contributed by atoms with Gasteiger partial charge in [-0.1, -0.05) is 74.5 Å². The van der Waals surface area contributed by atoms with Gasteiger partial charge in [0.2, 0.25) is 0 Å². The quantitative estimate of drug-likeness (QED) is 0.319. The summed E-state index contributed by atoms with van der Waals surface area (Å²) in [5.74, 6) is 1.65. The maximum Gasteiger partial charge on any atom is 0.0716 e. The molecule has 0 unspecified atom stereocenters. The van der Waals surface area contributed by atoms with E-state index in [-0.39, 0.29) is 0 Å². The molecule has 1 saturated carbocycles. The van der Waals surface area contributed by atoms with E-state index in [0.717, 1.165) is 31.3 Å². The molecule has 0 aromatic heterocycles. The van der Waals surface area contributed by atoms with Gasteiger partial charge in [0.1, 0.15) is 0 Å². The molecule has 0 amide bonds. The summed E-state index contributed by atoms with van der Waals surface area (Å²) in [4.78, 5) is 0. The minimum absolute atomic E-state index is 0.712. The van der Waals surface area contributed by atoms with Crippen molar-refractivity contribution >= 4 is 0 Å². The van der Waals surface area contributed by atoms with Gasteiger partial charge in [-0.2, -0.15) is 0 Å². The molecule has 1 aliphatic carbocycles. The minimum Gasteiger partial charge on any atom is -0.377 e. The first-order chi connectivity index (χ1) is 13.8. The van der Waals surface area contributed by atoms with Gasteiger partial charge in [0.25, 0.3) is 0 Å². The van der Waals surface area contributed by atoms with Crippen molar-refractivity contribution in [3.05, 3.63) is 71.8 Å². The molecule has 1 nitrogen and oxygen atoms in total. The van der Waals surface area contributed by atoms with Gasteiger partial charge in [0.05, 0.1) is 6.61 Å². The van der Waals surface area contributed by atoms with Gasteiger partial charge in [-0.3, -0.25) is 0 Å². The normalized spacial score (nSPS) is 19.9. The van der Waals surface area contributed by atoms with E-state index in [1.807, 2.05) is 0 Å². The minimum atomic E-state index is 0.712. The van der Waals surface area contributed by atoms with E-state index in [0.29, 0.717) is 6.61 Å². The molecule has 150 valence electrons. The van der Waals surface area contributed by atoms with Crippen LogP contribution in [0, 0.1) is 5.92 Å². The average molecular weight is 377 g/mol. The smallest absolute Gasteiger partial charge is 0.0716 e. The molecule has 1 fully saturated rings. The van der Waals surface area contributed by atoms with Crippen molar-refractivity contribution < 1.29 is 4.74 Å². The van der Waals surface area contributed by atoms with Crippen LogP contribution in [0.3, 0.4) is 0 Å². The summed E-state index contributed by atoms with van der Waals surface area (Å²) in [7, 11) is 0. The van der Waals surface area contributed by atoms with E-state index in [1.165, 1.54) is 54.4 Å². The standard InChI is InChI=1S/C27H36O/c1-3-5-6-7-22-8-12-24(13-9-22)26-16-18-27(19-17-26)25-14-10-23(11-15-25)21-28-20-4-2/h5-6,10-11,14-19,22,24H,3-4,7-9,12-13,20-21H2,1-2H3. The van der Waals surface area contributed by atoms with Crippen LogP contribution in [0.25, 0.3) is 11.1 Å². The molecule has 2 aromatic rings. The summed E-state index contributed by atoms with van der Waals surface area (Å²) >= 11 is 0. The lowest BCUT2D eigenvalue weighted by atomic mass is 9.77. The molecule has 28 heavy (non-hydrogen) atoms. The SMILES string of the molecule is CCC=CCC1CCC(c2ccc(-c3ccc(COCCC)cc3)cc2)CC1. The van der Waals surface area contributed by atoms with Crippen LogP contribution in [0.5, 0.6) is 0 Å². The number of rotatable bonds is 9. The van der Waals surface area contributed by atoms with Gasteiger partial charge in [0, 0.05) is 6.61 Å². The molecule has 0 bridgehead atoms. The maximum absolute atomic E-state index is 5.63. The first-order valence-corrected chi connectivity index (χ1v) is 11.2. The predicted molar refractivity (Wildman–Crippen MR) is 121 cm³/mol. The van der Waals surface area contributed by atoms with Crippen LogP contribution >= 0.6 is 0 Å². The zero-order chi connectivity index (χ0) is 19.6. The van der Waals surface area contributed by atoms with Crippen LogP contribution in [0.2, 0.25) is 0 Å². The summed E-state index contributed by atoms with van der Waals surface area (Å²) in [6.45, 7) is 5.90. The zero-order valence-electron chi connectivity index (χ0n) is 17.7. The van der Waals surface area contributed by atoms with Crippen LogP contribution in [-0.2, 0) is 11.3 Å². The monoisotopic (exact) mass is 376 g/mol. The highest BCUT2D eigenvalue weighted by atomic mass is 16.5. The number of allylic oxidation sites excluding steroid dienone is 2. The maximum atomic E-state index is 5.63. The Morgan fingerprint density at radius 1 is 0.821 bits per heavy atom. The molecule has 1 heteroatoms. The third kappa shape index (κ3) is 6.07. The highest BCUT2D eigenvalue weighted by Gasteiger charge is 2.21. The molecule has 0 spiro atoms. The number of hydrogen-bond acceptors (Lipinski definition) is 1. The Hall–Kier alpha value is -1.86. The van der Waals surface area contributed by atoms with Crippen molar-refractivity contribution in [1.82, 2.24) is 0 Å². The highest BCUT2D eigenvalue weighted by Crippen LogP contribution is 2.37. The first-order valence-electron chi connectivity index (χ1n) is 11.2. The van der Waals surface area contributed by atoms with Gasteiger partial charge < -0.3 is 4.74 Å². The van der Waals surface area contributed by atoms with Crippen LogP contribution in [0.4, 0.5) is 0 Å². The third-order valence-corrected chi connectivity index (χ3v) is 6.01. The van der Waals surface area contributed by atoms with E-state index in [2.05, 4.69) is 74.5 Å². The Morgan fingerprint density at radius 3 is 2.07 bits per heavy atom. The Kier molecular flexibility index (Phi) is 8.36. The van der Waals surface area contributed by atoms with Crippen molar-refractivity contribution in [3.8, 4) is 11.1 Å². The lowest BCUT2D eigenvalue weighted by molar-refractivity contribution is 0.121. The largest absolute Gasteiger partial charge is 0.377 e. The van der Waals surface area contributed by atoms with E-state index >= 15 is 0 Å². The Morgan fingerprint density at radius 2 is 1.46 bits per heavy atom. The number of benzene rings is 2. The number of hydrogen-bond donors (Lipinski definition) is 0. The number of ether oxygens (including phenoxy) is 1. The van der Waals surface area contributed by atoms with Crippen LogP contribution in [0.15, 0.2) is 60.7 Å². The van der Waals surface area contributed by atoms with E-state index in [1.54, 1.807) is 0 Å². The van der Waals surface area contributed by atoms with Crippen molar-refractivity contribution in [3.63, 3.8) is 0 Å². The van der Waals surface area contributed by atoms with Gasteiger partial charge in [0.15, 0.2) is 0 Å². The van der Waals surface area contributed by atoms with Gasteiger partial charge >= 0.3 is 0 Å². The van der Waals surface area contributed by atoms with Gasteiger partial charge in [-0.05, 0) is 79.0 Å². The molecule has 3 rings (SSSR count). The molecule has 0 heterocycles. The Labute approximate surface area is 171 Å². The fourth-order valence-corrected chi connectivity index (χ4v) is 4.26. The second-order valence-electron chi connectivity index (χ2n) is 8.20. The highest BCUT2D eigenvalue weighted by molar-refractivity contribution is 5.64. The zero-order valence-corrected chi connectivity index (χ0v) is 17.7. The molecule has 0 atom stereocenters. The second kappa shape index (κ2) is 11.2. The summed E-state index contributed by atoms with van der Waals surface area (Å²) in [6, 6.07) is 18.1. The van der Waals surface area contributed by atoms with Crippen LogP contribution in [0.1, 0.15) is 75.8 Å². The summed E-state index contributed by atoms with van der Waals surface area (Å²) in [5.41, 5.74) is 5.37. The van der Waals surface area contributed by atoms with Crippen LogP contribution in [-0.4, -0.2) is 6.61 Å². The van der Waals surface area contributed by atoms with Crippen LogP contribution < -0.4 is 0 Å². The molecule has 0 saturated heterocycles. The molecular formula is C27H36O.